The van der Waals surface area contributed by atoms with Gasteiger partial charge in [0.1, 0.15) is 5.82 Å². The smallest absolute Gasteiger partial charge is 0.354 e. The summed E-state index contributed by atoms with van der Waals surface area (Å²) in [6.45, 7) is 1.51. The number of halogens is 3. The molecule has 0 aliphatic heterocycles. The van der Waals surface area contributed by atoms with Crippen LogP contribution < -0.4 is 10.6 Å². The third kappa shape index (κ3) is 5.90. The summed E-state index contributed by atoms with van der Waals surface area (Å²) in [7, 11) is 3.97. The minimum atomic E-state index is -4.48. The van der Waals surface area contributed by atoms with Crippen molar-refractivity contribution in [3.05, 3.63) is 60.3 Å². The molecule has 0 radical (unpaired) electrons. The first kappa shape index (κ1) is 21.5. The van der Waals surface area contributed by atoms with Gasteiger partial charge in [0.25, 0.3) is 0 Å². The molecule has 6 nitrogen and oxygen atoms in total. The van der Waals surface area contributed by atoms with Crippen molar-refractivity contribution in [1.29, 1.82) is 0 Å². The summed E-state index contributed by atoms with van der Waals surface area (Å²) in [5, 5.41) is 5.93. The van der Waals surface area contributed by atoms with Gasteiger partial charge in [0.05, 0.1) is 22.6 Å². The first-order valence-corrected chi connectivity index (χ1v) is 9.45. The zero-order chi connectivity index (χ0) is 21.6. The number of nitrogens with zero attached hydrogens (tertiary/aromatic N) is 4. The van der Waals surface area contributed by atoms with Crippen molar-refractivity contribution in [3.8, 4) is 11.4 Å². The van der Waals surface area contributed by atoms with Gasteiger partial charge in [-0.25, -0.2) is 4.98 Å². The van der Waals surface area contributed by atoms with E-state index in [0.717, 1.165) is 19.0 Å². The van der Waals surface area contributed by atoms with E-state index in [4.69, 9.17) is 0 Å². The van der Waals surface area contributed by atoms with E-state index in [-0.39, 0.29) is 11.5 Å². The molecule has 9 heteroatoms. The maximum atomic E-state index is 13.3. The van der Waals surface area contributed by atoms with Crippen LogP contribution in [0.25, 0.3) is 11.4 Å². The van der Waals surface area contributed by atoms with E-state index in [0.29, 0.717) is 23.9 Å². The Balaban J connectivity index is 1.91. The van der Waals surface area contributed by atoms with E-state index in [2.05, 4.69) is 30.5 Å². The minimum absolute atomic E-state index is 0.0748. The molecule has 0 saturated carbocycles. The van der Waals surface area contributed by atoms with E-state index in [1.54, 1.807) is 30.5 Å². The highest BCUT2D eigenvalue weighted by Crippen LogP contribution is 2.36. The first-order valence-electron chi connectivity index (χ1n) is 9.45. The Morgan fingerprint density at radius 3 is 2.43 bits per heavy atom. The lowest BCUT2D eigenvalue weighted by molar-refractivity contribution is -0.136. The molecule has 0 unspecified atom stereocenters. The van der Waals surface area contributed by atoms with E-state index >= 15 is 0 Å². The number of benzene rings is 1. The van der Waals surface area contributed by atoms with Gasteiger partial charge in [-0.2, -0.15) is 18.2 Å². The number of hydrogen-bond acceptors (Lipinski definition) is 6. The van der Waals surface area contributed by atoms with E-state index in [1.807, 2.05) is 20.2 Å². The van der Waals surface area contributed by atoms with Crippen LogP contribution in [0.5, 0.6) is 0 Å². The molecule has 0 spiro atoms. The molecule has 0 fully saturated rings. The molecule has 2 N–H and O–H groups in total. The van der Waals surface area contributed by atoms with Gasteiger partial charge in [0, 0.05) is 18.8 Å². The van der Waals surface area contributed by atoms with Gasteiger partial charge >= 0.3 is 6.18 Å². The summed E-state index contributed by atoms with van der Waals surface area (Å²) in [6.07, 6.45) is -1.98. The summed E-state index contributed by atoms with van der Waals surface area (Å²) in [5.41, 5.74) is 0.272. The van der Waals surface area contributed by atoms with Gasteiger partial charge in [-0.3, -0.25) is 4.98 Å². The van der Waals surface area contributed by atoms with E-state index in [1.165, 1.54) is 12.1 Å². The standard InChI is InChI=1S/C21H23F3N6/c1-30(2)13-7-12-26-20-28-18(17-10-5-6-11-25-17)14-19(29-20)27-16-9-4-3-8-15(16)21(22,23)24/h3-6,8-11,14H,7,12-13H2,1-2H3,(H2,26,27,28,29). The normalized spacial score (nSPS) is 11.5. The van der Waals surface area contributed by atoms with E-state index in [9.17, 15) is 13.2 Å². The van der Waals surface area contributed by atoms with Gasteiger partial charge in [-0.05, 0) is 51.3 Å². The molecule has 0 aliphatic rings. The topological polar surface area (TPSA) is 66.0 Å². The van der Waals surface area contributed by atoms with Crippen LogP contribution in [-0.4, -0.2) is 47.0 Å². The molecule has 30 heavy (non-hydrogen) atoms. The highest BCUT2D eigenvalue weighted by molar-refractivity contribution is 5.67. The molecule has 3 rings (SSSR count). The van der Waals surface area contributed by atoms with Crippen molar-refractivity contribution in [1.82, 2.24) is 19.9 Å². The van der Waals surface area contributed by atoms with Crippen molar-refractivity contribution in [2.24, 2.45) is 0 Å². The van der Waals surface area contributed by atoms with Gasteiger partial charge in [0.2, 0.25) is 5.95 Å². The summed E-state index contributed by atoms with van der Waals surface area (Å²) < 4.78 is 40.0. The lowest BCUT2D eigenvalue weighted by Crippen LogP contribution is -2.17. The van der Waals surface area contributed by atoms with Crippen LogP contribution in [0.2, 0.25) is 0 Å². The second-order valence-electron chi connectivity index (χ2n) is 6.93. The number of rotatable bonds is 8. The molecule has 2 heterocycles. The highest BCUT2D eigenvalue weighted by Gasteiger charge is 2.33. The number of para-hydroxylation sites is 1. The second-order valence-corrected chi connectivity index (χ2v) is 6.93. The third-order valence-corrected chi connectivity index (χ3v) is 4.21. The monoisotopic (exact) mass is 416 g/mol. The summed E-state index contributed by atoms with van der Waals surface area (Å²) in [6, 6.07) is 12.3. The fourth-order valence-corrected chi connectivity index (χ4v) is 2.81. The van der Waals surface area contributed by atoms with Gasteiger partial charge in [0.15, 0.2) is 0 Å². The van der Waals surface area contributed by atoms with Crippen LogP contribution in [-0.2, 0) is 6.18 Å². The quantitative estimate of drug-likeness (QED) is 0.521. The average Bonchev–Trinajstić information content (AvgIpc) is 2.71. The fraction of sp³-hybridized carbons (Fsp3) is 0.286. The van der Waals surface area contributed by atoms with Crippen LogP contribution in [0, 0.1) is 0 Å². The van der Waals surface area contributed by atoms with Crippen LogP contribution in [0.4, 0.5) is 30.6 Å². The Labute approximate surface area is 173 Å². The van der Waals surface area contributed by atoms with Crippen LogP contribution in [0.15, 0.2) is 54.7 Å². The third-order valence-electron chi connectivity index (χ3n) is 4.21. The van der Waals surface area contributed by atoms with Gasteiger partial charge in [-0.15, -0.1) is 0 Å². The van der Waals surface area contributed by atoms with Crippen LogP contribution in [0.3, 0.4) is 0 Å². The maximum absolute atomic E-state index is 13.3. The molecule has 1 aromatic carbocycles. The minimum Gasteiger partial charge on any atom is -0.354 e. The Bertz CT molecular complexity index is 960. The number of pyridine rings is 1. The molecule has 0 atom stereocenters. The average molecular weight is 416 g/mol. The zero-order valence-electron chi connectivity index (χ0n) is 16.7. The predicted octanol–water partition coefficient (Wildman–Crippen LogP) is 4.66. The van der Waals surface area contributed by atoms with Crippen molar-refractivity contribution in [2.75, 3.05) is 37.8 Å². The predicted molar refractivity (Wildman–Crippen MR) is 112 cm³/mol. The highest BCUT2D eigenvalue weighted by atomic mass is 19.4. The SMILES string of the molecule is CN(C)CCCNc1nc(Nc2ccccc2C(F)(F)F)cc(-c2ccccn2)n1. The van der Waals surface area contributed by atoms with E-state index < -0.39 is 11.7 Å². The Hall–Kier alpha value is -3.20. The maximum Gasteiger partial charge on any atom is 0.418 e. The summed E-state index contributed by atoms with van der Waals surface area (Å²) >= 11 is 0. The van der Waals surface area contributed by atoms with Crippen LogP contribution >= 0.6 is 0 Å². The van der Waals surface area contributed by atoms with Crippen molar-refractivity contribution in [3.63, 3.8) is 0 Å². The Morgan fingerprint density at radius 2 is 1.73 bits per heavy atom. The molecule has 158 valence electrons. The van der Waals surface area contributed by atoms with Gasteiger partial charge in [-0.1, -0.05) is 18.2 Å². The number of aromatic nitrogens is 3. The Kier molecular flexibility index (Phi) is 6.83. The number of hydrogen-bond donors (Lipinski definition) is 2. The lowest BCUT2D eigenvalue weighted by Gasteiger charge is -2.15. The molecule has 0 saturated heterocycles. The summed E-state index contributed by atoms with van der Waals surface area (Å²) in [5.74, 6) is 0.571. The molecule has 0 amide bonds. The Morgan fingerprint density at radius 1 is 0.967 bits per heavy atom. The van der Waals surface area contributed by atoms with Crippen molar-refractivity contribution >= 4 is 17.5 Å². The number of alkyl halides is 3. The number of anilines is 3. The summed E-state index contributed by atoms with van der Waals surface area (Å²) in [4.78, 5) is 15.2. The first-order chi connectivity index (χ1) is 14.3. The molecule has 2 aromatic heterocycles. The van der Waals surface area contributed by atoms with Crippen molar-refractivity contribution in [2.45, 2.75) is 12.6 Å². The molecular weight excluding hydrogens is 393 g/mol. The molecular formula is C21H23F3N6. The number of nitrogens with one attached hydrogen (secondary N) is 2. The largest absolute Gasteiger partial charge is 0.418 e. The molecule has 0 aliphatic carbocycles. The van der Waals surface area contributed by atoms with Crippen molar-refractivity contribution < 1.29 is 13.2 Å². The fourth-order valence-electron chi connectivity index (χ4n) is 2.81. The lowest BCUT2D eigenvalue weighted by atomic mass is 10.1. The van der Waals surface area contributed by atoms with Gasteiger partial charge < -0.3 is 15.5 Å². The second kappa shape index (κ2) is 9.53. The molecule has 0 bridgehead atoms. The molecule has 3 aromatic rings. The van der Waals surface area contributed by atoms with Crippen LogP contribution in [0.1, 0.15) is 12.0 Å². The zero-order valence-corrected chi connectivity index (χ0v) is 16.7.